The maximum Gasteiger partial charge on any atom is 0.241 e. The topological polar surface area (TPSA) is 55.1 Å². The average molecular weight is 274 g/mol. The smallest absolute Gasteiger partial charge is 0.241 e. The summed E-state index contributed by atoms with van der Waals surface area (Å²) in [5, 5.41) is 3.11. The van der Waals surface area contributed by atoms with Gasteiger partial charge in [0.25, 0.3) is 0 Å². The molecule has 0 radical (unpaired) electrons. The van der Waals surface area contributed by atoms with Crippen molar-refractivity contribution in [3.8, 4) is 0 Å². The van der Waals surface area contributed by atoms with E-state index in [1.807, 2.05) is 30.3 Å². The summed E-state index contributed by atoms with van der Waals surface area (Å²) >= 11 is 0. The second-order valence-corrected chi connectivity index (χ2v) is 6.25. The Morgan fingerprint density at radius 3 is 2.30 bits per heavy atom. The number of benzene rings is 1. The molecule has 1 aliphatic rings. The van der Waals surface area contributed by atoms with Crippen LogP contribution in [0.5, 0.6) is 0 Å². The number of nitrogens with two attached hydrogens (primary N) is 1. The van der Waals surface area contributed by atoms with Gasteiger partial charge >= 0.3 is 0 Å². The van der Waals surface area contributed by atoms with Gasteiger partial charge in [0.1, 0.15) is 6.04 Å². The molecule has 0 aliphatic heterocycles. The van der Waals surface area contributed by atoms with Gasteiger partial charge in [-0.2, -0.15) is 0 Å². The molecule has 1 aromatic rings. The Kier molecular flexibility index (Phi) is 5.18. The van der Waals surface area contributed by atoms with Gasteiger partial charge in [0.2, 0.25) is 5.91 Å². The molecule has 0 spiro atoms. The minimum Gasteiger partial charge on any atom is -0.352 e. The first-order chi connectivity index (χ1) is 9.58. The van der Waals surface area contributed by atoms with Crippen LogP contribution in [0, 0.1) is 11.8 Å². The molecule has 1 aliphatic carbocycles. The van der Waals surface area contributed by atoms with Crippen molar-refractivity contribution in [3.63, 3.8) is 0 Å². The summed E-state index contributed by atoms with van der Waals surface area (Å²) in [6.45, 7) is 4.57. The van der Waals surface area contributed by atoms with Crippen LogP contribution in [0.1, 0.15) is 51.1 Å². The summed E-state index contributed by atoms with van der Waals surface area (Å²) < 4.78 is 0. The Labute approximate surface area is 121 Å². The zero-order valence-corrected chi connectivity index (χ0v) is 12.5. The molecule has 3 N–H and O–H groups in total. The number of carbonyl (C=O) groups is 1. The van der Waals surface area contributed by atoms with Gasteiger partial charge in [0.15, 0.2) is 0 Å². The number of carbonyl (C=O) groups excluding carboxylic acids is 1. The van der Waals surface area contributed by atoms with E-state index < -0.39 is 6.04 Å². The summed E-state index contributed by atoms with van der Waals surface area (Å²) in [4.78, 5) is 12.2. The largest absolute Gasteiger partial charge is 0.352 e. The van der Waals surface area contributed by atoms with Crippen LogP contribution in [0.3, 0.4) is 0 Å². The van der Waals surface area contributed by atoms with Crippen molar-refractivity contribution in [1.82, 2.24) is 5.32 Å². The lowest BCUT2D eigenvalue weighted by atomic mass is 9.79. The lowest BCUT2D eigenvalue weighted by Gasteiger charge is -2.31. The van der Waals surface area contributed by atoms with Gasteiger partial charge in [-0.25, -0.2) is 0 Å². The molecular weight excluding hydrogens is 248 g/mol. The van der Waals surface area contributed by atoms with Gasteiger partial charge in [0, 0.05) is 6.04 Å². The highest BCUT2D eigenvalue weighted by Crippen LogP contribution is 2.30. The van der Waals surface area contributed by atoms with E-state index >= 15 is 0 Å². The fourth-order valence-electron chi connectivity index (χ4n) is 3.03. The summed E-state index contributed by atoms with van der Waals surface area (Å²) in [6, 6.07) is 9.31. The van der Waals surface area contributed by atoms with Crippen molar-refractivity contribution in [2.45, 2.75) is 51.6 Å². The molecule has 0 heterocycles. The van der Waals surface area contributed by atoms with Crippen molar-refractivity contribution in [3.05, 3.63) is 35.9 Å². The number of hydrogen-bond acceptors (Lipinski definition) is 2. The Morgan fingerprint density at radius 1 is 1.15 bits per heavy atom. The Morgan fingerprint density at radius 2 is 1.75 bits per heavy atom. The molecule has 3 heteroatoms. The SMILES string of the molecule is CC(C)C1CCC(NC(=O)C(N)c2ccccc2)CC1. The van der Waals surface area contributed by atoms with Crippen molar-refractivity contribution >= 4 is 5.91 Å². The first-order valence-corrected chi connectivity index (χ1v) is 7.69. The molecule has 0 aromatic heterocycles. The van der Waals surface area contributed by atoms with Crippen LogP contribution >= 0.6 is 0 Å². The third-order valence-corrected chi connectivity index (χ3v) is 4.50. The normalized spacial score (nSPS) is 24.4. The molecule has 0 bridgehead atoms. The second kappa shape index (κ2) is 6.89. The van der Waals surface area contributed by atoms with Crippen molar-refractivity contribution in [1.29, 1.82) is 0 Å². The van der Waals surface area contributed by atoms with Gasteiger partial charge in [-0.15, -0.1) is 0 Å². The number of nitrogens with one attached hydrogen (secondary N) is 1. The molecule has 1 amide bonds. The predicted octanol–water partition coefficient (Wildman–Crippen LogP) is 3.02. The van der Waals surface area contributed by atoms with Gasteiger partial charge in [0.05, 0.1) is 0 Å². The first-order valence-electron chi connectivity index (χ1n) is 7.69. The zero-order valence-electron chi connectivity index (χ0n) is 12.5. The predicted molar refractivity (Wildman–Crippen MR) is 82.1 cm³/mol. The molecule has 1 aromatic carbocycles. The summed E-state index contributed by atoms with van der Waals surface area (Å²) in [5.74, 6) is 1.51. The highest BCUT2D eigenvalue weighted by Gasteiger charge is 2.25. The molecule has 3 nitrogen and oxygen atoms in total. The van der Waals surface area contributed by atoms with E-state index in [0.717, 1.165) is 30.2 Å². The third kappa shape index (κ3) is 3.83. The van der Waals surface area contributed by atoms with Crippen LogP contribution in [0.2, 0.25) is 0 Å². The van der Waals surface area contributed by atoms with Gasteiger partial charge < -0.3 is 11.1 Å². The van der Waals surface area contributed by atoms with Crippen LogP contribution < -0.4 is 11.1 Å². The second-order valence-electron chi connectivity index (χ2n) is 6.25. The molecule has 20 heavy (non-hydrogen) atoms. The third-order valence-electron chi connectivity index (χ3n) is 4.50. The zero-order chi connectivity index (χ0) is 14.5. The molecular formula is C17H26N2O. The average Bonchev–Trinajstić information content (AvgIpc) is 2.48. The van der Waals surface area contributed by atoms with Crippen LogP contribution in [0.15, 0.2) is 30.3 Å². The molecule has 110 valence electrons. The maximum atomic E-state index is 12.2. The number of hydrogen-bond donors (Lipinski definition) is 2. The van der Waals surface area contributed by atoms with E-state index in [0.29, 0.717) is 6.04 Å². The van der Waals surface area contributed by atoms with Crippen LogP contribution in [0.4, 0.5) is 0 Å². The van der Waals surface area contributed by atoms with Gasteiger partial charge in [-0.05, 0) is 43.1 Å². The van der Waals surface area contributed by atoms with Gasteiger partial charge in [-0.1, -0.05) is 44.2 Å². The fraction of sp³-hybridized carbons (Fsp3) is 0.588. The van der Waals surface area contributed by atoms with E-state index in [2.05, 4.69) is 19.2 Å². The van der Waals surface area contributed by atoms with E-state index in [4.69, 9.17) is 5.73 Å². The number of rotatable bonds is 4. The monoisotopic (exact) mass is 274 g/mol. The minimum absolute atomic E-state index is 0.0517. The number of amides is 1. The summed E-state index contributed by atoms with van der Waals surface area (Å²) in [5.41, 5.74) is 6.89. The van der Waals surface area contributed by atoms with Gasteiger partial charge in [-0.3, -0.25) is 4.79 Å². The molecule has 1 fully saturated rings. The minimum atomic E-state index is -0.556. The Bertz CT molecular complexity index is 422. The van der Waals surface area contributed by atoms with E-state index in [9.17, 15) is 4.79 Å². The Hall–Kier alpha value is -1.35. The summed E-state index contributed by atoms with van der Waals surface area (Å²) in [7, 11) is 0. The fourth-order valence-corrected chi connectivity index (χ4v) is 3.03. The molecule has 2 rings (SSSR count). The highest BCUT2D eigenvalue weighted by molar-refractivity contribution is 5.83. The lowest BCUT2D eigenvalue weighted by molar-refractivity contribution is -0.123. The van der Waals surface area contributed by atoms with Crippen LogP contribution in [0.25, 0.3) is 0 Å². The van der Waals surface area contributed by atoms with Crippen LogP contribution in [-0.4, -0.2) is 11.9 Å². The van der Waals surface area contributed by atoms with E-state index in [1.165, 1.54) is 12.8 Å². The van der Waals surface area contributed by atoms with Crippen LogP contribution in [-0.2, 0) is 4.79 Å². The standard InChI is InChI=1S/C17H26N2O/c1-12(2)13-8-10-15(11-9-13)19-17(20)16(18)14-6-4-3-5-7-14/h3-7,12-13,15-16H,8-11,18H2,1-2H3,(H,19,20). The highest BCUT2D eigenvalue weighted by atomic mass is 16.2. The lowest BCUT2D eigenvalue weighted by Crippen LogP contribution is -2.42. The van der Waals surface area contributed by atoms with E-state index in [1.54, 1.807) is 0 Å². The Balaban J connectivity index is 1.84. The summed E-state index contributed by atoms with van der Waals surface area (Å²) in [6.07, 6.45) is 4.58. The molecule has 0 saturated heterocycles. The van der Waals surface area contributed by atoms with Crippen molar-refractivity contribution in [2.75, 3.05) is 0 Å². The van der Waals surface area contributed by atoms with E-state index in [-0.39, 0.29) is 5.91 Å². The molecule has 1 saturated carbocycles. The first kappa shape index (κ1) is 15.0. The quantitative estimate of drug-likeness (QED) is 0.886. The molecule has 1 atom stereocenters. The van der Waals surface area contributed by atoms with Crippen molar-refractivity contribution < 1.29 is 4.79 Å². The molecule has 1 unspecified atom stereocenters. The van der Waals surface area contributed by atoms with Crippen molar-refractivity contribution in [2.24, 2.45) is 17.6 Å². The maximum absolute atomic E-state index is 12.2.